The second-order valence-corrected chi connectivity index (χ2v) is 35.0. The normalized spacial score (nSPS) is 11.7. The van der Waals surface area contributed by atoms with Crippen LogP contribution in [0.4, 0.5) is 0 Å². The third-order valence-corrected chi connectivity index (χ3v) is 21.3. The second-order valence-electron chi connectivity index (χ2n) is 29.2. The second kappa shape index (κ2) is 35.5. The highest BCUT2D eigenvalue weighted by atomic mass is 32.2. The van der Waals surface area contributed by atoms with Crippen LogP contribution < -0.4 is 28.4 Å². The number of rotatable bonds is 27. The summed E-state index contributed by atoms with van der Waals surface area (Å²) in [6.45, 7) is 19.5. The molecule has 108 heavy (non-hydrogen) atoms. The van der Waals surface area contributed by atoms with E-state index >= 15 is 0 Å². The van der Waals surface area contributed by atoms with Crippen molar-refractivity contribution < 1.29 is 78.0 Å². The Balaban J connectivity index is 0.000000205. The summed E-state index contributed by atoms with van der Waals surface area (Å²) in [5.74, 6) is -0.783. The number of sulfone groups is 3. The fourth-order valence-electron chi connectivity index (χ4n) is 11.3. The molecule has 10 aromatic rings. The van der Waals surface area contributed by atoms with E-state index in [0.29, 0.717) is 29.4 Å². The van der Waals surface area contributed by atoms with Gasteiger partial charge in [0.05, 0.1) is 44.7 Å². The van der Waals surface area contributed by atoms with Gasteiger partial charge < -0.3 is 33.5 Å². The number of Topliss-reactive ketones (excluding diaryl/α,β-unsaturated/α-hetero) is 3. The number of aryl methyl sites for hydroxylation is 1. The molecule has 0 fully saturated rings. The SMILES string of the molecule is CCn1cc(-c2ccc(Oc3cccc(-c4ccc(OC)cc4)c3)c(S(=O)(=O)CC(=O)CC(C)(C)C)c2)cn1.COc1ccc(-c2cccc(Oc3ccc(C#N)cc3S(=O)(=O)CC(=O)CC(C)(C)C)c2)cc1.COc1ccc(-c2cccc(Oc3ccc(C(=O)O)cc3S(=O)(=O)CC(=O)CC(C)(C)C)c2)cc1. The standard InChI is InChI=1S/C31H34N2O5S.C27H27NO5S.C27H28O7S/c1-6-33-20-25(19-32-33)24-12-15-29(30(17-24)39(35,36)21-26(34)18-31(2,3)4)38-28-9-7-8-23(16-28)22-10-13-27(37-5)14-11-22;1-27(2,3)16-22(29)18-34(30,31)26-14-19(17-28)8-13-25(26)33-24-7-5-6-21(15-24)20-9-11-23(32-4)12-10-20;1-27(2,3)16-21(28)17-35(31,32)25-15-20(26(29)30)10-13-24(25)34-23-7-5-6-19(14-23)18-8-11-22(33-4)12-9-18/h7-17,19-20H,6,18,21H2,1-5H3;5-15H,16,18H2,1-4H3;5-15H,16-17H2,1-4H3,(H,29,30). The van der Waals surface area contributed by atoms with E-state index in [0.717, 1.165) is 62.3 Å². The van der Waals surface area contributed by atoms with Crippen molar-refractivity contribution in [1.82, 2.24) is 9.78 Å². The molecule has 0 aliphatic rings. The lowest BCUT2D eigenvalue weighted by Crippen LogP contribution is -2.22. The van der Waals surface area contributed by atoms with E-state index in [1.165, 1.54) is 30.3 Å². The average molecular weight is 1520 g/mol. The van der Waals surface area contributed by atoms with Crippen molar-refractivity contribution in [3.63, 3.8) is 0 Å². The minimum absolute atomic E-state index is 0.0265. The van der Waals surface area contributed by atoms with Crippen LogP contribution in [0.5, 0.6) is 51.7 Å². The zero-order chi connectivity index (χ0) is 78.9. The maximum absolute atomic E-state index is 13.6. The first-order chi connectivity index (χ1) is 50.8. The molecule has 0 bridgehead atoms. The van der Waals surface area contributed by atoms with Crippen LogP contribution in [0.25, 0.3) is 44.5 Å². The van der Waals surface area contributed by atoms with E-state index in [-0.39, 0.29) is 90.1 Å². The Morgan fingerprint density at radius 1 is 0.407 bits per heavy atom. The average Bonchev–Trinajstić information content (AvgIpc) is 1.23. The number of carbonyl (C=O) groups is 4. The van der Waals surface area contributed by atoms with Crippen LogP contribution in [0, 0.1) is 27.6 Å². The highest BCUT2D eigenvalue weighted by Crippen LogP contribution is 2.39. The van der Waals surface area contributed by atoms with Gasteiger partial charge in [0.15, 0.2) is 29.5 Å². The van der Waals surface area contributed by atoms with Gasteiger partial charge in [0.1, 0.15) is 101 Å². The molecule has 1 heterocycles. The minimum atomic E-state index is -4.16. The molecular formula is C85H89N3O17S3. The fraction of sp³-hybridized carbons (Fsp3) is 0.271. The van der Waals surface area contributed by atoms with E-state index in [9.17, 15) is 54.8 Å². The van der Waals surface area contributed by atoms with Gasteiger partial charge in [-0.2, -0.15) is 10.4 Å². The Labute approximate surface area is 632 Å². The topological polar surface area (TPSA) is 288 Å². The number of nitrogens with zero attached hydrogens (tertiary/aromatic N) is 3. The van der Waals surface area contributed by atoms with Gasteiger partial charge in [0, 0.05) is 37.6 Å². The molecule has 0 saturated heterocycles. The summed E-state index contributed by atoms with van der Waals surface area (Å²) < 4.78 is 115. The van der Waals surface area contributed by atoms with Crippen molar-refractivity contribution in [1.29, 1.82) is 5.26 Å². The summed E-state index contributed by atoms with van der Waals surface area (Å²) >= 11 is 0. The molecule has 0 saturated carbocycles. The Kier molecular flexibility index (Phi) is 27.1. The molecule has 0 radical (unpaired) electrons. The van der Waals surface area contributed by atoms with Crippen LogP contribution in [-0.4, -0.2) is 102 Å². The number of nitriles is 1. The molecule has 0 atom stereocenters. The highest BCUT2D eigenvalue weighted by Gasteiger charge is 2.31. The van der Waals surface area contributed by atoms with Crippen LogP contribution in [-0.2, 0) is 50.4 Å². The molecule has 20 nitrogen and oxygen atoms in total. The number of methoxy groups -OCH3 is 3. The predicted octanol–water partition coefficient (Wildman–Crippen LogP) is 18.3. The fourth-order valence-corrected chi connectivity index (χ4v) is 15.5. The van der Waals surface area contributed by atoms with Crippen LogP contribution >= 0.6 is 0 Å². The largest absolute Gasteiger partial charge is 0.497 e. The Morgan fingerprint density at radius 3 is 1.06 bits per heavy atom. The van der Waals surface area contributed by atoms with Gasteiger partial charge in [-0.3, -0.25) is 19.1 Å². The summed E-state index contributed by atoms with van der Waals surface area (Å²) in [5, 5.41) is 23.0. The van der Waals surface area contributed by atoms with Crippen molar-refractivity contribution in [3.8, 4) is 102 Å². The maximum Gasteiger partial charge on any atom is 0.335 e. The van der Waals surface area contributed by atoms with Gasteiger partial charge in [-0.15, -0.1) is 0 Å². The first-order valence-electron chi connectivity index (χ1n) is 34.4. The third-order valence-electron chi connectivity index (χ3n) is 16.2. The minimum Gasteiger partial charge on any atom is -0.497 e. The molecule has 564 valence electrons. The molecule has 1 aromatic heterocycles. The quantitative estimate of drug-likeness (QED) is 0.0500. The van der Waals surface area contributed by atoms with E-state index in [2.05, 4.69) is 5.10 Å². The van der Waals surface area contributed by atoms with Crippen LogP contribution in [0.15, 0.2) is 227 Å². The van der Waals surface area contributed by atoms with Gasteiger partial charge in [-0.05, 0) is 183 Å². The molecule has 9 aromatic carbocycles. The molecular weight excluding hydrogens is 1430 g/mol. The summed E-state index contributed by atoms with van der Waals surface area (Å²) in [5.41, 5.74) is 5.79. The lowest BCUT2D eigenvalue weighted by Gasteiger charge is -2.17. The van der Waals surface area contributed by atoms with Crippen LogP contribution in [0.1, 0.15) is 104 Å². The number of hydrogen-bond acceptors (Lipinski definition) is 18. The predicted molar refractivity (Wildman–Crippen MR) is 417 cm³/mol. The first-order valence-corrected chi connectivity index (χ1v) is 39.4. The first kappa shape index (κ1) is 82.5. The molecule has 23 heteroatoms. The lowest BCUT2D eigenvalue weighted by molar-refractivity contribution is -0.119. The van der Waals surface area contributed by atoms with E-state index in [4.69, 9.17) is 28.4 Å². The molecule has 0 aliphatic carbocycles. The zero-order valence-corrected chi connectivity index (χ0v) is 65.2. The van der Waals surface area contributed by atoms with Crippen molar-refractivity contribution in [3.05, 3.63) is 224 Å². The molecule has 0 unspecified atom stereocenters. The Bertz CT molecular complexity index is 5280. The van der Waals surface area contributed by atoms with Crippen molar-refractivity contribution in [2.45, 2.75) is 110 Å². The smallest absolute Gasteiger partial charge is 0.335 e. The molecule has 10 rings (SSSR count). The number of ether oxygens (including phenoxy) is 6. The van der Waals surface area contributed by atoms with Crippen molar-refractivity contribution in [2.24, 2.45) is 16.2 Å². The monoisotopic (exact) mass is 1520 g/mol. The molecule has 0 aliphatic heterocycles. The van der Waals surface area contributed by atoms with Crippen LogP contribution in [0.2, 0.25) is 0 Å². The Hall–Kier alpha value is -11.2. The molecule has 1 N–H and O–H groups in total. The molecule has 0 amide bonds. The summed E-state index contributed by atoms with van der Waals surface area (Å²) in [7, 11) is -7.38. The summed E-state index contributed by atoms with van der Waals surface area (Å²) in [6.07, 6.45) is 3.92. The lowest BCUT2D eigenvalue weighted by atomic mass is 9.90. The van der Waals surface area contributed by atoms with Gasteiger partial charge in [0.25, 0.3) is 0 Å². The zero-order valence-electron chi connectivity index (χ0n) is 62.7. The summed E-state index contributed by atoms with van der Waals surface area (Å²) in [4.78, 5) is 48.5. The number of carboxylic acids is 1. The van der Waals surface area contributed by atoms with Gasteiger partial charge in [-0.1, -0.05) is 141 Å². The third kappa shape index (κ3) is 23.9. The number of hydrogen-bond donors (Lipinski definition) is 1. The van der Waals surface area contributed by atoms with E-state index in [1.807, 2.05) is 185 Å². The highest BCUT2D eigenvalue weighted by molar-refractivity contribution is 7.92. The van der Waals surface area contributed by atoms with Crippen molar-refractivity contribution >= 4 is 52.8 Å². The maximum atomic E-state index is 13.6. The Morgan fingerprint density at radius 2 is 0.731 bits per heavy atom. The van der Waals surface area contributed by atoms with Crippen LogP contribution in [0.3, 0.4) is 0 Å². The number of carboxylic acid groups (broad SMARTS) is 1. The number of ketones is 3. The van der Waals surface area contributed by atoms with Gasteiger partial charge in [0.2, 0.25) is 0 Å². The number of carbonyl (C=O) groups excluding carboxylic acids is 3. The number of aromatic nitrogens is 2. The van der Waals surface area contributed by atoms with Crippen molar-refractivity contribution in [2.75, 3.05) is 38.6 Å². The number of benzene rings is 9. The number of aromatic carboxylic acids is 1. The molecule has 0 spiro atoms. The summed E-state index contributed by atoms with van der Waals surface area (Å²) in [6, 6.07) is 59.0. The van der Waals surface area contributed by atoms with E-state index in [1.54, 1.807) is 92.9 Å². The van der Waals surface area contributed by atoms with Gasteiger partial charge >= 0.3 is 5.97 Å². The van der Waals surface area contributed by atoms with E-state index < -0.39 is 58.5 Å². The van der Waals surface area contributed by atoms with Gasteiger partial charge in [-0.25, -0.2) is 30.0 Å².